The number of hydrogen-bond acceptors (Lipinski definition) is 4. The van der Waals surface area contributed by atoms with Crippen LogP contribution in [0.4, 0.5) is 0 Å². The Kier molecular flexibility index (Phi) is 5.07. The molecule has 15 heavy (non-hydrogen) atoms. The predicted octanol–water partition coefficient (Wildman–Crippen LogP) is 1.34. The molecule has 0 saturated carbocycles. The van der Waals surface area contributed by atoms with Crippen molar-refractivity contribution in [1.82, 2.24) is 4.98 Å². The number of nitrogens with zero attached hydrogens (tertiary/aromatic N) is 1. The van der Waals surface area contributed by atoms with Crippen LogP contribution in [0.1, 0.15) is 19.4 Å². The molecule has 1 atom stereocenters. The van der Waals surface area contributed by atoms with Crippen LogP contribution in [0.25, 0.3) is 0 Å². The second-order valence-corrected chi connectivity index (χ2v) is 3.26. The number of hydrogen-bond donors (Lipinski definition) is 1. The minimum absolute atomic E-state index is 0.00912. The number of aromatic nitrogens is 1. The summed E-state index contributed by atoms with van der Waals surface area (Å²) in [5, 5.41) is 0. The summed E-state index contributed by atoms with van der Waals surface area (Å²) >= 11 is 0. The summed E-state index contributed by atoms with van der Waals surface area (Å²) in [5.74, 6) is 0.604. The highest BCUT2D eigenvalue weighted by atomic mass is 16.5. The van der Waals surface area contributed by atoms with Gasteiger partial charge in [0.15, 0.2) is 0 Å². The summed E-state index contributed by atoms with van der Waals surface area (Å²) in [6.07, 6.45) is 1.69. The maximum atomic E-state index is 5.62. The fourth-order valence-electron chi connectivity index (χ4n) is 1.19. The van der Waals surface area contributed by atoms with Crippen LogP contribution in [0, 0.1) is 0 Å². The molecule has 4 nitrogen and oxygen atoms in total. The Morgan fingerprint density at radius 1 is 1.53 bits per heavy atom. The highest BCUT2D eigenvalue weighted by molar-refractivity contribution is 5.25. The molecule has 4 heteroatoms. The van der Waals surface area contributed by atoms with Crippen molar-refractivity contribution in [2.24, 2.45) is 5.73 Å². The van der Waals surface area contributed by atoms with Gasteiger partial charge in [-0.25, -0.2) is 4.98 Å². The van der Waals surface area contributed by atoms with E-state index >= 15 is 0 Å². The van der Waals surface area contributed by atoms with E-state index in [1.165, 1.54) is 0 Å². The molecule has 2 N–H and O–H groups in total. The average Bonchev–Trinajstić information content (AvgIpc) is 2.27. The standard InChI is InChI=1S/C11H18N2O2/c1-3-14-8-9(2)15-11-10(7-12)5-4-6-13-11/h4-6,9H,3,7-8,12H2,1-2H3. The third kappa shape index (κ3) is 3.85. The molecule has 0 amide bonds. The Hall–Kier alpha value is -1.13. The van der Waals surface area contributed by atoms with Gasteiger partial charge in [0.1, 0.15) is 6.10 Å². The van der Waals surface area contributed by atoms with Crippen LogP contribution in [-0.2, 0) is 11.3 Å². The normalized spacial score (nSPS) is 12.5. The molecule has 0 aliphatic carbocycles. The quantitative estimate of drug-likeness (QED) is 0.770. The van der Waals surface area contributed by atoms with Gasteiger partial charge < -0.3 is 15.2 Å². The maximum Gasteiger partial charge on any atom is 0.218 e. The minimum atomic E-state index is -0.00912. The van der Waals surface area contributed by atoms with Gasteiger partial charge in [0.05, 0.1) is 6.61 Å². The van der Waals surface area contributed by atoms with Crippen molar-refractivity contribution in [1.29, 1.82) is 0 Å². The third-order valence-electron chi connectivity index (χ3n) is 1.94. The minimum Gasteiger partial charge on any atom is -0.472 e. The van der Waals surface area contributed by atoms with E-state index in [4.69, 9.17) is 15.2 Å². The van der Waals surface area contributed by atoms with E-state index in [0.717, 1.165) is 5.56 Å². The lowest BCUT2D eigenvalue weighted by molar-refractivity contribution is 0.0628. The first-order valence-corrected chi connectivity index (χ1v) is 5.16. The van der Waals surface area contributed by atoms with Crippen LogP contribution in [0.5, 0.6) is 5.88 Å². The molecule has 84 valence electrons. The van der Waals surface area contributed by atoms with Gasteiger partial charge in [0.25, 0.3) is 0 Å². The molecule has 0 aliphatic rings. The second kappa shape index (κ2) is 6.37. The SMILES string of the molecule is CCOCC(C)Oc1ncccc1CN. The number of nitrogens with two attached hydrogens (primary N) is 1. The van der Waals surface area contributed by atoms with E-state index in [1.807, 2.05) is 26.0 Å². The Balaban J connectivity index is 2.55. The van der Waals surface area contributed by atoms with E-state index in [2.05, 4.69) is 4.98 Å². The molecule has 0 fully saturated rings. The first-order chi connectivity index (χ1) is 7.27. The van der Waals surface area contributed by atoms with Crippen LogP contribution >= 0.6 is 0 Å². The van der Waals surface area contributed by atoms with E-state index in [9.17, 15) is 0 Å². The second-order valence-electron chi connectivity index (χ2n) is 3.26. The number of rotatable bonds is 6. The van der Waals surface area contributed by atoms with Crippen molar-refractivity contribution in [3.8, 4) is 5.88 Å². The first kappa shape index (κ1) is 11.9. The van der Waals surface area contributed by atoms with Crippen molar-refractivity contribution < 1.29 is 9.47 Å². The summed E-state index contributed by atoms with van der Waals surface area (Å²) in [6, 6.07) is 3.76. The van der Waals surface area contributed by atoms with Crippen LogP contribution in [-0.4, -0.2) is 24.3 Å². The Morgan fingerprint density at radius 2 is 2.33 bits per heavy atom. The van der Waals surface area contributed by atoms with Crippen LogP contribution in [0.2, 0.25) is 0 Å². The van der Waals surface area contributed by atoms with E-state index in [0.29, 0.717) is 25.6 Å². The zero-order valence-corrected chi connectivity index (χ0v) is 9.27. The smallest absolute Gasteiger partial charge is 0.218 e. The topological polar surface area (TPSA) is 57.4 Å². The maximum absolute atomic E-state index is 5.62. The highest BCUT2D eigenvalue weighted by Crippen LogP contribution is 2.14. The molecule has 0 bridgehead atoms. The lowest BCUT2D eigenvalue weighted by Crippen LogP contribution is -2.20. The van der Waals surface area contributed by atoms with Gasteiger partial charge in [-0.3, -0.25) is 0 Å². The molecular weight excluding hydrogens is 192 g/mol. The molecule has 1 unspecified atom stereocenters. The first-order valence-electron chi connectivity index (χ1n) is 5.16. The van der Waals surface area contributed by atoms with Crippen molar-refractivity contribution in [3.05, 3.63) is 23.9 Å². The monoisotopic (exact) mass is 210 g/mol. The fraction of sp³-hybridized carbons (Fsp3) is 0.545. The zero-order valence-electron chi connectivity index (χ0n) is 9.27. The van der Waals surface area contributed by atoms with Crippen LogP contribution < -0.4 is 10.5 Å². The van der Waals surface area contributed by atoms with Gasteiger partial charge in [-0.15, -0.1) is 0 Å². The highest BCUT2D eigenvalue weighted by Gasteiger charge is 2.08. The lowest BCUT2D eigenvalue weighted by Gasteiger charge is -2.15. The fourth-order valence-corrected chi connectivity index (χ4v) is 1.19. The van der Waals surface area contributed by atoms with Gasteiger partial charge in [-0.05, 0) is 19.9 Å². The molecule has 1 heterocycles. The molecule has 0 saturated heterocycles. The molecule has 1 aromatic heterocycles. The average molecular weight is 210 g/mol. The van der Waals surface area contributed by atoms with Crippen LogP contribution in [0.15, 0.2) is 18.3 Å². The molecule has 0 aromatic carbocycles. The van der Waals surface area contributed by atoms with Crippen molar-refractivity contribution in [3.63, 3.8) is 0 Å². The Morgan fingerprint density at radius 3 is 3.00 bits per heavy atom. The predicted molar refractivity (Wildman–Crippen MR) is 58.7 cm³/mol. The van der Waals surface area contributed by atoms with E-state index in [-0.39, 0.29) is 6.10 Å². The van der Waals surface area contributed by atoms with Gasteiger partial charge in [-0.1, -0.05) is 6.07 Å². The summed E-state index contributed by atoms with van der Waals surface area (Å²) < 4.78 is 10.9. The summed E-state index contributed by atoms with van der Waals surface area (Å²) in [7, 11) is 0. The number of pyridine rings is 1. The summed E-state index contributed by atoms with van der Waals surface area (Å²) in [6.45, 7) is 5.60. The molecule has 0 aliphatic heterocycles. The molecular formula is C11H18N2O2. The Bertz CT molecular complexity index is 292. The molecule has 0 spiro atoms. The molecule has 1 aromatic rings. The zero-order chi connectivity index (χ0) is 11.1. The van der Waals surface area contributed by atoms with E-state index in [1.54, 1.807) is 6.20 Å². The molecule has 1 rings (SSSR count). The Labute approximate surface area is 90.4 Å². The number of ether oxygens (including phenoxy) is 2. The van der Waals surface area contributed by atoms with Crippen molar-refractivity contribution >= 4 is 0 Å². The summed E-state index contributed by atoms with van der Waals surface area (Å²) in [5.41, 5.74) is 6.49. The van der Waals surface area contributed by atoms with Gasteiger partial charge in [-0.2, -0.15) is 0 Å². The van der Waals surface area contributed by atoms with E-state index < -0.39 is 0 Å². The summed E-state index contributed by atoms with van der Waals surface area (Å²) in [4.78, 5) is 4.14. The molecule has 0 radical (unpaired) electrons. The van der Waals surface area contributed by atoms with Gasteiger partial charge >= 0.3 is 0 Å². The van der Waals surface area contributed by atoms with Gasteiger partial charge in [0, 0.05) is 24.9 Å². The van der Waals surface area contributed by atoms with Gasteiger partial charge in [0.2, 0.25) is 5.88 Å². The van der Waals surface area contributed by atoms with Crippen LogP contribution in [0.3, 0.4) is 0 Å². The van der Waals surface area contributed by atoms with Crippen molar-refractivity contribution in [2.45, 2.75) is 26.5 Å². The van der Waals surface area contributed by atoms with Crippen molar-refractivity contribution in [2.75, 3.05) is 13.2 Å². The largest absolute Gasteiger partial charge is 0.472 e. The lowest BCUT2D eigenvalue weighted by atomic mass is 10.3. The third-order valence-corrected chi connectivity index (χ3v) is 1.94.